The summed E-state index contributed by atoms with van der Waals surface area (Å²) in [4.78, 5) is 9.04. The number of rotatable bonds is 3. The Morgan fingerprint density at radius 3 is 2.75 bits per heavy atom. The lowest BCUT2D eigenvalue weighted by Crippen LogP contribution is -1.95. The van der Waals surface area contributed by atoms with Crippen LogP contribution in [0.1, 0.15) is 15.6 Å². The number of ether oxygens (including phenoxy) is 1. The molecule has 0 unspecified atom stereocenters. The van der Waals surface area contributed by atoms with Crippen LogP contribution in [0.3, 0.4) is 0 Å². The minimum atomic E-state index is -0.506. The number of hydrogen-bond acceptors (Lipinski definition) is 4. The second kappa shape index (κ2) is 4.57. The third-order valence-corrected chi connectivity index (χ3v) is 3.18. The molecule has 0 bridgehead atoms. The Balaban J connectivity index is 1.99. The fourth-order valence-corrected chi connectivity index (χ4v) is 2.04. The molecule has 0 aliphatic rings. The summed E-state index contributed by atoms with van der Waals surface area (Å²) in [6, 6.07) is 2.82. The fraction of sp³-hybridized carbons (Fsp3) is 0.273. The van der Waals surface area contributed by atoms with Gasteiger partial charge in [-0.2, -0.15) is 4.39 Å². The van der Waals surface area contributed by atoms with E-state index in [0.717, 1.165) is 10.7 Å². The molecule has 5 heteroatoms. The predicted molar refractivity (Wildman–Crippen MR) is 60.1 cm³/mol. The predicted octanol–water partition coefficient (Wildman–Crippen LogP) is 2.87. The van der Waals surface area contributed by atoms with Crippen molar-refractivity contribution in [2.24, 2.45) is 0 Å². The van der Waals surface area contributed by atoms with Crippen LogP contribution in [0.25, 0.3) is 0 Å². The van der Waals surface area contributed by atoms with Gasteiger partial charge in [-0.15, -0.1) is 11.3 Å². The minimum absolute atomic E-state index is 0.395. The van der Waals surface area contributed by atoms with E-state index in [1.54, 1.807) is 17.4 Å². The summed E-state index contributed by atoms with van der Waals surface area (Å²) in [6.45, 7) is 4.39. The number of aryl methyl sites for hydroxylation is 2. The number of pyridine rings is 1. The van der Waals surface area contributed by atoms with E-state index < -0.39 is 5.95 Å². The lowest BCUT2D eigenvalue weighted by molar-refractivity contribution is 0.303. The van der Waals surface area contributed by atoms with E-state index in [2.05, 4.69) is 9.97 Å². The number of thiazole rings is 1. The molecule has 0 saturated carbocycles. The Morgan fingerprint density at radius 1 is 1.38 bits per heavy atom. The van der Waals surface area contributed by atoms with Gasteiger partial charge in [-0.1, -0.05) is 0 Å². The van der Waals surface area contributed by atoms with Gasteiger partial charge in [-0.05, 0) is 26.0 Å². The molecule has 2 aromatic heterocycles. The Labute approximate surface area is 96.9 Å². The number of hydrogen-bond donors (Lipinski definition) is 0. The van der Waals surface area contributed by atoms with Crippen LogP contribution in [-0.4, -0.2) is 9.97 Å². The molecule has 0 fully saturated rings. The highest BCUT2D eigenvalue weighted by Crippen LogP contribution is 2.18. The number of aromatic nitrogens is 2. The second-order valence-electron chi connectivity index (χ2n) is 3.35. The first-order valence-corrected chi connectivity index (χ1v) is 5.64. The summed E-state index contributed by atoms with van der Waals surface area (Å²) in [6.07, 6.45) is 1.36. The van der Waals surface area contributed by atoms with Gasteiger partial charge in [0.2, 0.25) is 5.95 Å². The van der Waals surface area contributed by atoms with Crippen molar-refractivity contribution in [1.82, 2.24) is 9.97 Å². The molecule has 0 saturated heterocycles. The maximum Gasteiger partial charge on any atom is 0.213 e. The van der Waals surface area contributed by atoms with E-state index in [9.17, 15) is 4.39 Å². The van der Waals surface area contributed by atoms with Crippen LogP contribution < -0.4 is 4.74 Å². The molecule has 2 rings (SSSR count). The Kier molecular flexibility index (Phi) is 3.14. The van der Waals surface area contributed by atoms with Crippen LogP contribution >= 0.6 is 11.3 Å². The van der Waals surface area contributed by atoms with E-state index in [-0.39, 0.29) is 0 Å². The third-order valence-electron chi connectivity index (χ3n) is 2.14. The average molecular weight is 238 g/mol. The zero-order valence-corrected chi connectivity index (χ0v) is 9.84. The van der Waals surface area contributed by atoms with E-state index >= 15 is 0 Å². The van der Waals surface area contributed by atoms with Crippen molar-refractivity contribution in [2.45, 2.75) is 20.5 Å². The van der Waals surface area contributed by atoms with Crippen LogP contribution in [0, 0.1) is 19.8 Å². The van der Waals surface area contributed by atoms with Gasteiger partial charge in [-0.3, -0.25) is 0 Å². The SMILES string of the molecule is Cc1nc(COc2ccc(F)nc2)sc1C. The van der Waals surface area contributed by atoms with E-state index in [1.807, 2.05) is 13.8 Å². The molecule has 0 aliphatic heterocycles. The zero-order chi connectivity index (χ0) is 11.5. The highest BCUT2D eigenvalue weighted by Gasteiger charge is 2.04. The molecule has 3 nitrogen and oxygen atoms in total. The summed E-state index contributed by atoms with van der Waals surface area (Å²) < 4.78 is 18.0. The van der Waals surface area contributed by atoms with Crippen molar-refractivity contribution in [2.75, 3.05) is 0 Å². The third kappa shape index (κ3) is 2.55. The average Bonchev–Trinajstić information content (AvgIpc) is 2.58. The number of nitrogens with zero attached hydrogens (tertiary/aromatic N) is 2. The van der Waals surface area contributed by atoms with Gasteiger partial charge in [0.1, 0.15) is 17.4 Å². The topological polar surface area (TPSA) is 35.0 Å². The summed E-state index contributed by atoms with van der Waals surface area (Å²) in [5.41, 5.74) is 1.03. The highest BCUT2D eigenvalue weighted by atomic mass is 32.1. The first kappa shape index (κ1) is 11.0. The van der Waals surface area contributed by atoms with Crippen LogP contribution in [0.5, 0.6) is 5.75 Å². The molecule has 0 radical (unpaired) electrons. The molecule has 84 valence electrons. The normalized spacial score (nSPS) is 10.4. The highest BCUT2D eigenvalue weighted by molar-refractivity contribution is 7.11. The van der Waals surface area contributed by atoms with Gasteiger partial charge in [0.15, 0.2) is 0 Å². The van der Waals surface area contributed by atoms with Gasteiger partial charge in [0.05, 0.1) is 11.9 Å². The molecule has 0 atom stereocenters. The fourth-order valence-electron chi connectivity index (χ4n) is 1.19. The molecule has 0 amide bonds. The maximum absolute atomic E-state index is 12.5. The molecule has 2 aromatic rings. The van der Waals surface area contributed by atoms with Crippen LogP contribution in [0.4, 0.5) is 4.39 Å². The molecule has 0 spiro atoms. The van der Waals surface area contributed by atoms with Crippen LogP contribution in [0.15, 0.2) is 18.3 Å². The van der Waals surface area contributed by atoms with Gasteiger partial charge >= 0.3 is 0 Å². The summed E-state index contributed by atoms with van der Waals surface area (Å²) >= 11 is 1.61. The van der Waals surface area contributed by atoms with E-state index in [0.29, 0.717) is 12.4 Å². The summed E-state index contributed by atoms with van der Waals surface area (Å²) in [7, 11) is 0. The Hall–Kier alpha value is -1.49. The second-order valence-corrected chi connectivity index (χ2v) is 4.64. The monoisotopic (exact) mass is 238 g/mol. The smallest absolute Gasteiger partial charge is 0.213 e. The van der Waals surface area contributed by atoms with Crippen molar-refractivity contribution >= 4 is 11.3 Å². The Bertz CT molecular complexity index is 462. The largest absolute Gasteiger partial charge is 0.485 e. The number of halogens is 1. The lowest BCUT2D eigenvalue weighted by Gasteiger charge is -2.02. The van der Waals surface area contributed by atoms with E-state index in [4.69, 9.17) is 4.74 Å². The first-order valence-electron chi connectivity index (χ1n) is 4.82. The van der Waals surface area contributed by atoms with Crippen molar-refractivity contribution in [1.29, 1.82) is 0 Å². The lowest BCUT2D eigenvalue weighted by atomic mass is 10.4. The summed E-state index contributed by atoms with van der Waals surface area (Å²) in [5, 5.41) is 0.916. The van der Waals surface area contributed by atoms with Crippen molar-refractivity contribution in [3.63, 3.8) is 0 Å². The standard InChI is InChI=1S/C11H11FN2OS/c1-7-8(2)16-11(14-7)6-15-9-3-4-10(12)13-5-9/h3-5H,6H2,1-2H3. The van der Waals surface area contributed by atoms with Crippen molar-refractivity contribution in [3.8, 4) is 5.75 Å². The molecular formula is C11H11FN2OS. The van der Waals surface area contributed by atoms with Gasteiger partial charge in [0.25, 0.3) is 0 Å². The molecule has 0 aromatic carbocycles. The van der Waals surface area contributed by atoms with Crippen molar-refractivity contribution < 1.29 is 9.13 Å². The first-order chi connectivity index (χ1) is 7.65. The minimum Gasteiger partial charge on any atom is -0.485 e. The van der Waals surface area contributed by atoms with Gasteiger partial charge in [-0.25, -0.2) is 9.97 Å². The molecule has 2 heterocycles. The van der Waals surface area contributed by atoms with Gasteiger partial charge in [0, 0.05) is 4.88 Å². The summed E-state index contributed by atoms with van der Waals surface area (Å²) in [5.74, 6) is 0.0418. The quantitative estimate of drug-likeness (QED) is 0.771. The zero-order valence-electron chi connectivity index (χ0n) is 9.03. The molecule has 0 N–H and O–H groups in total. The molecule has 16 heavy (non-hydrogen) atoms. The van der Waals surface area contributed by atoms with Gasteiger partial charge < -0.3 is 4.74 Å². The maximum atomic E-state index is 12.5. The Morgan fingerprint density at radius 2 is 2.19 bits per heavy atom. The molecule has 0 aliphatic carbocycles. The van der Waals surface area contributed by atoms with Crippen LogP contribution in [0.2, 0.25) is 0 Å². The molecular weight excluding hydrogens is 227 g/mol. The van der Waals surface area contributed by atoms with Crippen molar-refractivity contribution in [3.05, 3.63) is 39.9 Å². The van der Waals surface area contributed by atoms with Crippen LogP contribution in [-0.2, 0) is 6.61 Å². The van der Waals surface area contributed by atoms with E-state index in [1.165, 1.54) is 17.1 Å².